The molecule has 0 amide bonds. The van der Waals surface area contributed by atoms with Crippen LogP contribution in [0.3, 0.4) is 0 Å². The Morgan fingerprint density at radius 1 is 1.28 bits per heavy atom. The minimum atomic E-state index is -0.0194. The number of aromatic nitrogens is 2. The van der Waals surface area contributed by atoms with Crippen molar-refractivity contribution in [3.05, 3.63) is 60.8 Å². The van der Waals surface area contributed by atoms with Crippen molar-refractivity contribution in [1.82, 2.24) is 9.97 Å². The van der Waals surface area contributed by atoms with E-state index in [0.717, 1.165) is 24.4 Å². The van der Waals surface area contributed by atoms with Gasteiger partial charge < -0.3 is 4.98 Å². The number of nitrogens with one attached hydrogen (secondary N) is 1. The first-order valence-corrected chi connectivity index (χ1v) is 7.06. The summed E-state index contributed by atoms with van der Waals surface area (Å²) in [5, 5.41) is 0. The lowest BCUT2D eigenvalue weighted by Crippen LogP contribution is -2.19. The molecular formula is C14H13IN2O. The second kappa shape index (κ2) is 4.50. The minimum absolute atomic E-state index is 0.0194. The second-order valence-corrected chi connectivity index (χ2v) is 5.80. The van der Waals surface area contributed by atoms with Gasteiger partial charge in [-0.1, -0.05) is 24.3 Å². The molecule has 1 N–H and O–H groups in total. The first kappa shape index (κ1) is 11.9. The van der Waals surface area contributed by atoms with E-state index in [4.69, 9.17) is 0 Å². The van der Waals surface area contributed by atoms with Crippen molar-refractivity contribution >= 4 is 22.6 Å². The molecule has 2 aromatic rings. The molecule has 92 valence electrons. The number of H-pyrrole nitrogens is 1. The van der Waals surface area contributed by atoms with Crippen LogP contribution in [-0.2, 0) is 12.8 Å². The lowest BCUT2D eigenvalue weighted by molar-refractivity contribution is 0.671. The van der Waals surface area contributed by atoms with Crippen molar-refractivity contribution in [3.63, 3.8) is 0 Å². The van der Waals surface area contributed by atoms with Gasteiger partial charge >= 0.3 is 0 Å². The molecule has 0 spiro atoms. The zero-order chi connectivity index (χ0) is 12.7. The predicted molar refractivity (Wildman–Crippen MR) is 78.9 cm³/mol. The Kier molecular flexibility index (Phi) is 2.97. The maximum atomic E-state index is 11.8. The van der Waals surface area contributed by atoms with Crippen LogP contribution in [0, 0.1) is 10.5 Å². The average molecular weight is 352 g/mol. The van der Waals surface area contributed by atoms with Crippen LogP contribution in [0.2, 0.25) is 0 Å². The van der Waals surface area contributed by atoms with E-state index >= 15 is 0 Å². The van der Waals surface area contributed by atoms with Crippen molar-refractivity contribution < 1.29 is 0 Å². The van der Waals surface area contributed by atoms with Crippen LogP contribution in [0.25, 0.3) is 0 Å². The number of rotatable bonds is 1. The molecule has 4 heteroatoms. The molecule has 3 rings (SSSR count). The van der Waals surface area contributed by atoms with Crippen LogP contribution in [0.1, 0.15) is 28.6 Å². The highest BCUT2D eigenvalue weighted by molar-refractivity contribution is 14.1. The zero-order valence-electron chi connectivity index (χ0n) is 10.0. The van der Waals surface area contributed by atoms with E-state index in [0.29, 0.717) is 9.49 Å². The fourth-order valence-corrected chi connectivity index (χ4v) is 2.79. The van der Waals surface area contributed by atoms with Gasteiger partial charge in [0.15, 0.2) is 0 Å². The summed E-state index contributed by atoms with van der Waals surface area (Å²) in [4.78, 5) is 19.2. The van der Waals surface area contributed by atoms with Gasteiger partial charge in [0.1, 0.15) is 5.82 Å². The molecule has 0 unspecified atom stereocenters. The summed E-state index contributed by atoms with van der Waals surface area (Å²) in [6.45, 7) is 1.89. The summed E-state index contributed by atoms with van der Waals surface area (Å²) in [5.74, 6) is 1.14. The number of aromatic amines is 1. The van der Waals surface area contributed by atoms with E-state index in [9.17, 15) is 4.79 Å². The molecular weight excluding hydrogens is 339 g/mol. The maximum absolute atomic E-state index is 11.8. The van der Waals surface area contributed by atoms with Crippen LogP contribution in [0.4, 0.5) is 0 Å². The van der Waals surface area contributed by atoms with Crippen molar-refractivity contribution in [2.75, 3.05) is 0 Å². The van der Waals surface area contributed by atoms with Crippen LogP contribution in [0.15, 0.2) is 29.1 Å². The molecule has 0 saturated carbocycles. The van der Waals surface area contributed by atoms with E-state index in [1.165, 1.54) is 11.1 Å². The predicted octanol–water partition coefficient (Wildman–Crippen LogP) is 2.57. The Balaban J connectivity index is 1.98. The third-order valence-electron chi connectivity index (χ3n) is 3.48. The van der Waals surface area contributed by atoms with E-state index in [2.05, 4.69) is 34.2 Å². The van der Waals surface area contributed by atoms with E-state index in [1.54, 1.807) is 0 Å². The molecule has 0 bridgehead atoms. The lowest BCUT2D eigenvalue weighted by Gasteiger charge is -2.09. The third kappa shape index (κ3) is 1.98. The quantitative estimate of drug-likeness (QED) is 0.802. The van der Waals surface area contributed by atoms with Gasteiger partial charge in [0, 0.05) is 5.92 Å². The standard InChI is InChI=1S/C14H13IN2O/c1-8-12(15)14(18)17-13(16-8)11-6-9-4-2-3-5-10(9)7-11/h2-5,11H,6-7H2,1H3,(H,16,17,18). The second-order valence-electron chi connectivity index (χ2n) is 4.72. The Labute approximate surface area is 119 Å². The monoisotopic (exact) mass is 352 g/mol. The van der Waals surface area contributed by atoms with E-state index < -0.39 is 0 Å². The Morgan fingerprint density at radius 3 is 2.44 bits per heavy atom. The van der Waals surface area contributed by atoms with E-state index in [1.807, 2.05) is 29.5 Å². The fourth-order valence-electron chi connectivity index (χ4n) is 2.54. The molecule has 1 aliphatic carbocycles. The molecule has 0 fully saturated rings. The number of halogens is 1. The third-order valence-corrected chi connectivity index (χ3v) is 4.75. The van der Waals surface area contributed by atoms with Gasteiger partial charge in [-0.3, -0.25) is 4.79 Å². The normalized spacial score (nSPS) is 14.8. The molecule has 1 heterocycles. The molecule has 3 nitrogen and oxygen atoms in total. The molecule has 1 aromatic heterocycles. The van der Waals surface area contributed by atoms with Gasteiger partial charge in [0.05, 0.1) is 9.26 Å². The van der Waals surface area contributed by atoms with Crippen LogP contribution in [0.5, 0.6) is 0 Å². The van der Waals surface area contributed by atoms with Crippen LogP contribution < -0.4 is 5.56 Å². The fraction of sp³-hybridized carbons (Fsp3) is 0.286. The smallest absolute Gasteiger partial charge is 0.264 e. The number of nitrogens with zero attached hydrogens (tertiary/aromatic N) is 1. The van der Waals surface area contributed by atoms with E-state index in [-0.39, 0.29) is 5.56 Å². The SMILES string of the molecule is Cc1nc(C2Cc3ccccc3C2)[nH]c(=O)c1I. The zero-order valence-corrected chi connectivity index (χ0v) is 12.2. The first-order valence-electron chi connectivity index (χ1n) is 5.98. The van der Waals surface area contributed by atoms with Crippen molar-refractivity contribution in [3.8, 4) is 0 Å². The molecule has 0 aliphatic heterocycles. The summed E-state index contributed by atoms with van der Waals surface area (Å²) in [6, 6.07) is 8.45. The Morgan fingerprint density at radius 2 is 1.89 bits per heavy atom. The number of aryl methyl sites for hydroxylation is 1. The highest BCUT2D eigenvalue weighted by Crippen LogP contribution is 2.31. The summed E-state index contributed by atoms with van der Waals surface area (Å²) in [5.41, 5.74) is 3.56. The summed E-state index contributed by atoms with van der Waals surface area (Å²) in [7, 11) is 0. The number of hydrogen-bond donors (Lipinski definition) is 1. The lowest BCUT2D eigenvalue weighted by atomic mass is 10.1. The first-order chi connectivity index (χ1) is 8.65. The topological polar surface area (TPSA) is 45.8 Å². The van der Waals surface area contributed by atoms with Crippen LogP contribution >= 0.6 is 22.6 Å². The summed E-state index contributed by atoms with van der Waals surface area (Å²) in [6.07, 6.45) is 1.94. The Bertz CT molecular complexity index is 638. The maximum Gasteiger partial charge on any atom is 0.264 e. The Hall–Kier alpha value is -1.17. The van der Waals surface area contributed by atoms with Gasteiger partial charge in [-0.2, -0.15) is 0 Å². The molecule has 18 heavy (non-hydrogen) atoms. The minimum Gasteiger partial charge on any atom is -0.309 e. The van der Waals surface area contributed by atoms with Crippen molar-refractivity contribution in [2.24, 2.45) is 0 Å². The molecule has 1 aromatic carbocycles. The largest absolute Gasteiger partial charge is 0.309 e. The number of hydrogen-bond acceptors (Lipinski definition) is 2. The van der Waals surface area contributed by atoms with Gasteiger partial charge in [0.25, 0.3) is 5.56 Å². The number of fused-ring (bicyclic) bond motifs is 1. The summed E-state index contributed by atoms with van der Waals surface area (Å²) >= 11 is 2.04. The van der Waals surface area contributed by atoms with Crippen molar-refractivity contribution in [2.45, 2.75) is 25.7 Å². The molecule has 1 aliphatic rings. The number of benzene rings is 1. The van der Waals surface area contributed by atoms with Gasteiger partial charge in [-0.05, 0) is 53.5 Å². The molecule has 0 atom stereocenters. The van der Waals surface area contributed by atoms with Gasteiger partial charge in [-0.25, -0.2) is 4.98 Å². The summed E-state index contributed by atoms with van der Waals surface area (Å²) < 4.78 is 0.687. The van der Waals surface area contributed by atoms with Gasteiger partial charge in [0.2, 0.25) is 0 Å². The molecule has 0 radical (unpaired) electrons. The highest BCUT2D eigenvalue weighted by Gasteiger charge is 2.24. The van der Waals surface area contributed by atoms with Crippen molar-refractivity contribution in [1.29, 1.82) is 0 Å². The van der Waals surface area contributed by atoms with Gasteiger partial charge in [-0.15, -0.1) is 0 Å². The highest BCUT2D eigenvalue weighted by atomic mass is 127. The average Bonchev–Trinajstić information content (AvgIpc) is 2.79. The molecule has 0 saturated heterocycles. The van der Waals surface area contributed by atoms with Crippen LogP contribution in [-0.4, -0.2) is 9.97 Å².